The summed E-state index contributed by atoms with van der Waals surface area (Å²) >= 11 is 0. The highest BCUT2D eigenvalue weighted by Gasteiger charge is 2.14. The van der Waals surface area contributed by atoms with Crippen molar-refractivity contribution in [3.8, 4) is 22.5 Å². The highest BCUT2D eigenvalue weighted by molar-refractivity contribution is 8.13. The van der Waals surface area contributed by atoms with Crippen LogP contribution in [-0.4, -0.2) is 44.4 Å². The van der Waals surface area contributed by atoms with Gasteiger partial charge in [-0.3, -0.25) is 14.2 Å². The van der Waals surface area contributed by atoms with Gasteiger partial charge >= 0.3 is 0 Å². The Labute approximate surface area is 234 Å². The zero-order chi connectivity index (χ0) is 29.1. The summed E-state index contributed by atoms with van der Waals surface area (Å²) in [6.07, 6.45) is 0.839. The Morgan fingerprint density at radius 3 is 1.44 bits per heavy atom. The predicted molar refractivity (Wildman–Crippen MR) is 155 cm³/mol. The molecule has 208 valence electrons. The maximum Gasteiger partial charge on any atom is 0.265 e. The van der Waals surface area contributed by atoms with Gasteiger partial charge in [-0.25, -0.2) is 8.42 Å². The van der Waals surface area contributed by atoms with Crippen LogP contribution < -0.4 is 0 Å². The minimum absolute atomic E-state index is 0.520. The van der Waals surface area contributed by atoms with Gasteiger partial charge in [-0.15, -0.1) is 0 Å². The molecule has 2 aromatic carbocycles. The largest absolute Gasteiger partial charge is 0.387 e. The standard InChI is InChI=1S/C14H15NO3S.C13H13NO.CH3ClO2S/c1-11(18-19(2,16)17)13-9-6-10-14(15-13)12-7-4-3-5-8-12;1-10(15)12-8-5-9-13(14-12)11-6-3-2-4-7-11;1-5(2,3)4/h3-11H,1-2H3;2-10,15H,1H3;1H3. The highest BCUT2D eigenvalue weighted by atomic mass is 35.7. The molecular weight excluding hydrogens is 560 g/mol. The molecule has 4 rings (SSSR count). The minimum Gasteiger partial charge on any atom is -0.387 e. The SMILES string of the molecule is CC(O)c1cccc(-c2ccccc2)n1.CC(OS(C)(=O)=O)c1cccc(-c2ccccc2)n1.CS(=O)(=O)Cl. The van der Waals surface area contributed by atoms with Crippen molar-refractivity contribution in [1.82, 2.24) is 9.97 Å². The van der Waals surface area contributed by atoms with Crippen LogP contribution in [0.2, 0.25) is 0 Å². The molecule has 0 aliphatic rings. The fraction of sp³-hybridized carbons (Fsp3) is 0.214. The summed E-state index contributed by atoms with van der Waals surface area (Å²) in [5.74, 6) is 0. The van der Waals surface area contributed by atoms with E-state index < -0.39 is 31.4 Å². The van der Waals surface area contributed by atoms with Crippen LogP contribution in [0.1, 0.15) is 37.4 Å². The summed E-state index contributed by atoms with van der Waals surface area (Å²) in [5, 5.41) is 9.43. The number of benzene rings is 2. The molecule has 0 aliphatic carbocycles. The van der Waals surface area contributed by atoms with E-state index in [-0.39, 0.29) is 0 Å². The molecule has 39 heavy (non-hydrogen) atoms. The maximum atomic E-state index is 11.1. The maximum absolute atomic E-state index is 11.1. The van der Waals surface area contributed by atoms with Crippen LogP contribution >= 0.6 is 10.7 Å². The number of nitrogens with zero attached hydrogens (tertiary/aromatic N) is 2. The van der Waals surface area contributed by atoms with E-state index in [1.54, 1.807) is 19.9 Å². The van der Waals surface area contributed by atoms with Crippen molar-refractivity contribution >= 4 is 29.9 Å². The Morgan fingerprint density at radius 2 is 1.05 bits per heavy atom. The van der Waals surface area contributed by atoms with Crippen molar-refractivity contribution < 1.29 is 26.1 Å². The van der Waals surface area contributed by atoms with E-state index in [4.69, 9.17) is 4.18 Å². The summed E-state index contributed by atoms with van der Waals surface area (Å²) in [5.41, 5.74) is 5.04. The van der Waals surface area contributed by atoms with Crippen molar-refractivity contribution in [1.29, 1.82) is 0 Å². The average molecular weight is 591 g/mol. The first kappa shape index (κ1) is 32.1. The first-order valence-electron chi connectivity index (χ1n) is 11.7. The van der Waals surface area contributed by atoms with Gasteiger partial charge in [0.1, 0.15) is 6.10 Å². The molecule has 11 heteroatoms. The van der Waals surface area contributed by atoms with Crippen LogP contribution in [-0.2, 0) is 23.4 Å². The molecule has 2 atom stereocenters. The Kier molecular flexibility index (Phi) is 12.2. The van der Waals surface area contributed by atoms with Crippen LogP contribution in [0.15, 0.2) is 97.1 Å². The van der Waals surface area contributed by atoms with Crippen LogP contribution in [0, 0.1) is 0 Å². The number of pyridine rings is 2. The lowest BCUT2D eigenvalue weighted by Crippen LogP contribution is -2.09. The Bertz CT molecular complexity index is 1520. The van der Waals surface area contributed by atoms with Crippen LogP contribution in [0.3, 0.4) is 0 Å². The molecule has 0 saturated heterocycles. The van der Waals surface area contributed by atoms with E-state index >= 15 is 0 Å². The minimum atomic E-state index is -3.49. The highest BCUT2D eigenvalue weighted by Crippen LogP contribution is 2.22. The van der Waals surface area contributed by atoms with Gasteiger partial charge in [-0.05, 0) is 38.1 Å². The third-order valence-electron chi connectivity index (χ3n) is 4.84. The fourth-order valence-corrected chi connectivity index (χ4v) is 3.84. The third-order valence-corrected chi connectivity index (χ3v) is 5.48. The zero-order valence-electron chi connectivity index (χ0n) is 22.0. The Balaban J connectivity index is 0.000000238. The molecular formula is C28H31ClN2O6S2. The monoisotopic (exact) mass is 590 g/mol. The van der Waals surface area contributed by atoms with Gasteiger partial charge in [0.05, 0.1) is 41.4 Å². The topological polar surface area (TPSA) is 124 Å². The van der Waals surface area contributed by atoms with E-state index in [1.807, 2.05) is 91.0 Å². The lowest BCUT2D eigenvalue weighted by atomic mass is 10.1. The molecule has 0 amide bonds. The second-order valence-corrected chi connectivity index (χ2v) is 13.1. The van der Waals surface area contributed by atoms with Gasteiger partial charge in [0.15, 0.2) is 0 Å². The van der Waals surface area contributed by atoms with Crippen molar-refractivity contribution in [2.75, 3.05) is 12.5 Å². The smallest absolute Gasteiger partial charge is 0.265 e. The van der Waals surface area contributed by atoms with Crippen molar-refractivity contribution in [2.45, 2.75) is 26.1 Å². The average Bonchev–Trinajstić information content (AvgIpc) is 2.88. The van der Waals surface area contributed by atoms with Gasteiger partial charge in [-0.2, -0.15) is 8.42 Å². The number of hydrogen-bond acceptors (Lipinski definition) is 8. The summed E-state index contributed by atoms with van der Waals surface area (Å²) in [6.45, 7) is 3.38. The molecule has 0 aliphatic heterocycles. The number of aliphatic hydroxyl groups is 1. The Hall–Kier alpha value is -3.15. The molecule has 2 heterocycles. The Morgan fingerprint density at radius 1 is 0.667 bits per heavy atom. The lowest BCUT2D eigenvalue weighted by molar-refractivity contribution is 0.194. The van der Waals surface area contributed by atoms with Crippen LogP contribution in [0.4, 0.5) is 0 Å². The van der Waals surface area contributed by atoms with Gasteiger partial charge in [0, 0.05) is 21.8 Å². The number of aromatic nitrogens is 2. The first-order chi connectivity index (χ1) is 18.2. The van der Waals surface area contributed by atoms with Gasteiger partial charge in [0.25, 0.3) is 10.1 Å². The molecule has 8 nitrogen and oxygen atoms in total. The van der Waals surface area contributed by atoms with Crippen molar-refractivity contribution in [3.63, 3.8) is 0 Å². The third kappa shape index (κ3) is 13.0. The predicted octanol–water partition coefficient (Wildman–Crippen LogP) is 5.77. The molecule has 0 radical (unpaired) electrons. The number of hydrogen-bond donors (Lipinski definition) is 1. The zero-order valence-corrected chi connectivity index (χ0v) is 24.4. The second kappa shape index (κ2) is 14.9. The molecule has 4 aromatic rings. The molecule has 0 saturated carbocycles. The second-order valence-electron chi connectivity index (χ2n) is 8.43. The molecule has 2 unspecified atom stereocenters. The first-order valence-corrected chi connectivity index (χ1v) is 16.3. The van der Waals surface area contributed by atoms with Crippen LogP contribution in [0.5, 0.6) is 0 Å². The van der Waals surface area contributed by atoms with E-state index in [2.05, 4.69) is 20.7 Å². The summed E-state index contributed by atoms with van der Waals surface area (Å²) in [4.78, 5) is 8.83. The summed E-state index contributed by atoms with van der Waals surface area (Å²) in [6, 6.07) is 30.8. The van der Waals surface area contributed by atoms with Gasteiger partial charge < -0.3 is 5.11 Å². The normalized spacial score (nSPS) is 12.7. The lowest BCUT2D eigenvalue weighted by Gasteiger charge is -2.11. The number of rotatable bonds is 6. The van der Waals surface area contributed by atoms with E-state index in [0.29, 0.717) is 11.4 Å². The molecule has 1 N–H and O–H groups in total. The molecule has 2 aromatic heterocycles. The van der Waals surface area contributed by atoms with Crippen molar-refractivity contribution in [3.05, 3.63) is 108 Å². The quantitative estimate of drug-likeness (QED) is 0.222. The molecule has 0 spiro atoms. The van der Waals surface area contributed by atoms with E-state index in [0.717, 1.165) is 35.0 Å². The number of halogens is 1. The summed E-state index contributed by atoms with van der Waals surface area (Å²) < 4.78 is 46.0. The molecule has 0 fully saturated rings. The molecule has 0 bridgehead atoms. The van der Waals surface area contributed by atoms with E-state index in [9.17, 15) is 21.9 Å². The van der Waals surface area contributed by atoms with Crippen molar-refractivity contribution in [2.24, 2.45) is 0 Å². The van der Waals surface area contributed by atoms with Gasteiger partial charge in [0.2, 0.25) is 9.05 Å². The fourth-order valence-electron chi connectivity index (χ4n) is 3.21. The van der Waals surface area contributed by atoms with Gasteiger partial charge in [-0.1, -0.05) is 72.8 Å². The summed E-state index contributed by atoms with van der Waals surface area (Å²) in [7, 11) is -2.18. The van der Waals surface area contributed by atoms with Crippen LogP contribution in [0.25, 0.3) is 22.5 Å². The number of aliphatic hydroxyl groups excluding tert-OH is 1. The van der Waals surface area contributed by atoms with E-state index in [1.165, 1.54) is 0 Å².